The molecular formula is C17H23F3N2O. The van der Waals surface area contributed by atoms with Gasteiger partial charge >= 0.3 is 6.18 Å². The Morgan fingerprint density at radius 2 is 2.22 bits per heavy atom. The van der Waals surface area contributed by atoms with Crippen LogP contribution in [-0.4, -0.2) is 25.0 Å². The Bertz CT molecular complexity index is 525. The van der Waals surface area contributed by atoms with Crippen LogP contribution in [0.15, 0.2) is 24.3 Å². The van der Waals surface area contributed by atoms with Crippen molar-refractivity contribution >= 4 is 5.91 Å². The summed E-state index contributed by atoms with van der Waals surface area (Å²) in [5.41, 5.74) is 0.0183. The lowest BCUT2D eigenvalue weighted by Crippen LogP contribution is -2.32. The average molecular weight is 328 g/mol. The summed E-state index contributed by atoms with van der Waals surface area (Å²) in [7, 11) is 0. The molecule has 128 valence electrons. The Labute approximate surface area is 134 Å². The number of hydrogen-bond donors (Lipinski definition) is 2. The summed E-state index contributed by atoms with van der Waals surface area (Å²) in [6, 6.07) is 5.65. The Morgan fingerprint density at radius 3 is 2.87 bits per heavy atom. The normalized spacial score (nSPS) is 19.6. The minimum atomic E-state index is -4.32. The molecule has 1 saturated heterocycles. The predicted molar refractivity (Wildman–Crippen MR) is 83.1 cm³/mol. The summed E-state index contributed by atoms with van der Waals surface area (Å²) in [6.07, 6.45) is -1.11. The third-order valence-corrected chi connectivity index (χ3v) is 4.28. The third-order valence-electron chi connectivity index (χ3n) is 4.28. The van der Waals surface area contributed by atoms with Crippen molar-refractivity contribution in [2.24, 2.45) is 0 Å². The molecule has 6 heteroatoms. The van der Waals surface area contributed by atoms with E-state index in [2.05, 4.69) is 10.6 Å². The lowest BCUT2D eigenvalue weighted by atomic mass is 9.96. The van der Waals surface area contributed by atoms with Crippen LogP contribution in [-0.2, 0) is 11.0 Å². The maximum atomic E-state index is 12.7. The van der Waals surface area contributed by atoms with Crippen LogP contribution >= 0.6 is 0 Å². The number of nitrogens with one attached hydrogen (secondary N) is 2. The quantitative estimate of drug-likeness (QED) is 0.840. The molecule has 2 N–H and O–H groups in total. The molecule has 1 aromatic rings. The molecule has 2 atom stereocenters. The van der Waals surface area contributed by atoms with Gasteiger partial charge in [-0.2, -0.15) is 13.2 Å². The van der Waals surface area contributed by atoms with Crippen LogP contribution in [0.4, 0.5) is 13.2 Å². The van der Waals surface area contributed by atoms with Crippen LogP contribution in [0.3, 0.4) is 0 Å². The molecule has 0 bridgehead atoms. The van der Waals surface area contributed by atoms with Crippen molar-refractivity contribution in [2.45, 2.75) is 50.7 Å². The van der Waals surface area contributed by atoms with Crippen LogP contribution < -0.4 is 10.6 Å². The van der Waals surface area contributed by atoms with Gasteiger partial charge in [0.25, 0.3) is 0 Å². The molecule has 23 heavy (non-hydrogen) atoms. The fourth-order valence-electron chi connectivity index (χ4n) is 2.84. The molecule has 0 aliphatic carbocycles. The number of rotatable bonds is 6. The standard InChI is InChI=1S/C17H23F3N2O/c1-12(13-4-2-5-14(10-13)17(18,19)20)7-9-22-16(23)11-15-6-3-8-21-15/h2,4-5,10,12,15,21H,3,6-9,11H2,1H3,(H,22,23). The van der Waals surface area contributed by atoms with Gasteiger partial charge in [-0.15, -0.1) is 0 Å². The number of benzene rings is 1. The SMILES string of the molecule is CC(CCNC(=O)CC1CCCN1)c1cccc(C(F)(F)F)c1. The lowest BCUT2D eigenvalue weighted by Gasteiger charge is -2.15. The fourth-order valence-corrected chi connectivity index (χ4v) is 2.84. The first-order chi connectivity index (χ1) is 10.9. The zero-order chi connectivity index (χ0) is 16.9. The Balaban J connectivity index is 1.78. The van der Waals surface area contributed by atoms with Crippen molar-refractivity contribution in [3.05, 3.63) is 35.4 Å². The number of halogens is 3. The highest BCUT2D eigenvalue weighted by atomic mass is 19.4. The van der Waals surface area contributed by atoms with E-state index in [1.807, 2.05) is 6.92 Å². The maximum absolute atomic E-state index is 12.7. The van der Waals surface area contributed by atoms with Gasteiger partial charge in [-0.3, -0.25) is 4.79 Å². The number of hydrogen-bond acceptors (Lipinski definition) is 2. The zero-order valence-electron chi connectivity index (χ0n) is 13.2. The highest BCUT2D eigenvalue weighted by Gasteiger charge is 2.30. The second-order valence-corrected chi connectivity index (χ2v) is 6.16. The van der Waals surface area contributed by atoms with Crippen molar-refractivity contribution in [3.63, 3.8) is 0 Å². The van der Waals surface area contributed by atoms with E-state index >= 15 is 0 Å². The van der Waals surface area contributed by atoms with Gasteiger partial charge in [0.05, 0.1) is 5.56 Å². The van der Waals surface area contributed by atoms with E-state index in [-0.39, 0.29) is 17.9 Å². The Kier molecular flexibility index (Phi) is 6.04. The fraction of sp³-hybridized carbons (Fsp3) is 0.588. The van der Waals surface area contributed by atoms with E-state index in [1.165, 1.54) is 12.1 Å². The summed E-state index contributed by atoms with van der Waals surface area (Å²) in [5.74, 6) is -0.0390. The molecule has 0 spiro atoms. The van der Waals surface area contributed by atoms with Crippen LogP contribution in [0.25, 0.3) is 0 Å². The second-order valence-electron chi connectivity index (χ2n) is 6.16. The van der Waals surface area contributed by atoms with Crippen LogP contribution in [0.5, 0.6) is 0 Å². The molecule has 0 radical (unpaired) electrons. The molecule has 2 unspecified atom stereocenters. The zero-order valence-corrected chi connectivity index (χ0v) is 13.2. The maximum Gasteiger partial charge on any atom is 0.416 e. The first-order valence-corrected chi connectivity index (χ1v) is 8.03. The van der Waals surface area contributed by atoms with Crippen molar-refractivity contribution in [1.82, 2.24) is 10.6 Å². The van der Waals surface area contributed by atoms with Gasteiger partial charge in [-0.05, 0) is 43.4 Å². The molecule has 1 fully saturated rings. The van der Waals surface area contributed by atoms with Gasteiger partial charge in [-0.25, -0.2) is 0 Å². The highest BCUT2D eigenvalue weighted by Crippen LogP contribution is 2.31. The van der Waals surface area contributed by atoms with Crippen LogP contribution in [0, 0.1) is 0 Å². The van der Waals surface area contributed by atoms with E-state index < -0.39 is 11.7 Å². The summed E-state index contributed by atoms with van der Waals surface area (Å²) in [5, 5.41) is 6.12. The Morgan fingerprint density at radius 1 is 1.43 bits per heavy atom. The molecule has 3 nitrogen and oxygen atoms in total. The largest absolute Gasteiger partial charge is 0.416 e. The molecule has 0 aromatic heterocycles. The van der Waals surface area contributed by atoms with E-state index in [9.17, 15) is 18.0 Å². The smallest absolute Gasteiger partial charge is 0.356 e. The van der Waals surface area contributed by atoms with Gasteiger partial charge in [0.2, 0.25) is 5.91 Å². The number of carbonyl (C=O) groups is 1. The van der Waals surface area contributed by atoms with Crippen molar-refractivity contribution in [2.75, 3.05) is 13.1 Å². The average Bonchev–Trinajstić information content (AvgIpc) is 2.99. The molecule has 1 aliphatic rings. The molecule has 1 aromatic carbocycles. The predicted octanol–water partition coefficient (Wildman–Crippen LogP) is 3.46. The molecule has 2 rings (SSSR count). The molecule has 1 amide bonds. The second kappa shape index (κ2) is 7.81. The van der Waals surface area contributed by atoms with Gasteiger partial charge in [-0.1, -0.05) is 25.1 Å². The van der Waals surface area contributed by atoms with E-state index in [0.29, 0.717) is 24.9 Å². The van der Waals surface area contributed by atoms with Crippen molar-refractivity contribution < 1.29 is 18.0 Å². The summed E-state index contributed by atoms with van der Waals surface area (Å²) in [4.78, 5) is 11.8. The van der Waals surface area contributed by atoms with Gasteiger partial charge < -0.3 is 10.6 Å². The first kappa shape index (κ1) is 17.8. The number of carbonyl (C=O) groups excluding carboxylic acids is 1. The van der Waals surface area contributed by atoms with Crippen LogP contribution in [0.1, 0.15) is 49.7 Å². The van der Waals surface area contributed by atoms with Crippen molar-refractivity contribution in [1.29, 1.82) is 0 Å². The summed E-state index contributed by atoms with van der Waals surface area (Å²) >= 11 is 0. The van der Waals surface area contributed by atoms with E-state index in [0.717, 1.165) is 25.5 Å². The van der Waals surface area contributed by atoms with Gasteiger partial charge in [0, 0.05) is 19.0 Å². The molecule has 1 aliphatic heterocycles. The summed E-state index contributed by atoms with van der Waals surface area (Å²) in [6.45, 7) is 3.31. The third kappa shape index (κ3) is 5.53. The van der Waals surface area contributed by atoms with Gasteiger partial charge in [0.15, 0.2) is 0 Å². The monoisotopic (exact) mass is 328 g/mol. The number of amides is 1. The molecule has 0 saturated carbocycles. The minimum Gasteiger partial charge on any atom is -0.356 e. The first-order valence-electron chi connectivity index (χ1n) is 8.03. The lowest BCUT2D eigenvalue weighted by molar-refractivity contribution is -0.137. The Hall–Kier alpha value is -1.56. The highest BCUT2D eigenvalue weighted by molar-refractivity contribution is 5.76. The van der Waals surface area contributed by atoms with Crippen molar-refractivity contribution in [3.8, 4) is 0 Å². The van der Waals surface area contributed by atoms with E-state index in [4.69, 9.17) is 0 Å². The summed E-state index contributed by atoms with van der Waals surface area (Å²) < 4.78 is 38.2. The topological polar surface area (TPSA) is 41.1 Å². The molecular weight excluding hydrogens is 305 g/mol. The minimum absolute atomic E-state index is 0.000595. The van der Waals surface area contributed by atoms with Gasteiger partial charge in [0.1, 0.15) is 0 Å². The van der Waals surface area contributed by atoms with E-state index in [1.54, 1.807) is 6.07 Å². The number of alkyl halides is 3. The van der Waals surface area contributed by atoms with Crippen LogP contribution in [0.2, 0.25) is 0 Å². The molecule has 1 heterocycles.